The summed E-state index contributed by atoms with van der Waals surface area (Å²) in [5.41, 5.74) is 6.09. The second-order valence-corrected chi connectivity index (χ2v) is 15.0. The molecule has 18 nitrogen and oxygen atoms in total. The van der Waals surface area contributed by atoms with Gasteiger partial charge in [-0.3, -0.25) is 28.8 Å². The zero-order valence-electron chi connectivity index (χ0n) is 30.7. The molecule has 2 fully saturated rings. The number of rotatable bonds is 19. The number of likely N-dealkylation sites (tertiary alicyclic amines) is 2. The summed E-state index contributed by atoms with van der Waals surface area (Å²) < 4.78 is 0. The number of aliphatic hydroxyl groups is 3. The number of amides is 6. The predicted octanol–water partition coefficient (Wildman–Crippen LogP) is -2.74. The number of carboxylic acids is 1. The van der Waals surface area contributed by atoms with Gasteiger partial charge in [-0.1, -0.05) is 13.8 Å². The SMILES string of the molecule is CSCC[C@H](NC(=O)[C@@H](NC(=O)[C@@H]1CCCN1C(=O)[C@@H](N)CC(C)C)[C@@H](C)O)C(=O)N[C@H](C(=O)N1CCC[C@H]1C(=O)N[C@H](C(=O)O)[C@@H](C)O)[C@@H](C)O. The van der Waals surface area contributed by atoms with Crippen molar-refractivity contribution in [2.24, 2.45) is 11.7 Å². The number of aliphatic hydroxyl groups excluding tert-OH is 3. The third kappa shape index (κ3) is 12.3. The van der Waals surface area contributed by atoms with E-state index >= 15 is 0 Å². The molecule has 0 aliphatic carbocycles. The van der Waals surface area contributed by atoms with Crippen LogP contribution in [-0.2, 0) is 33.6 Å². The van der Waals surface area contributed by atoms with Gasteiger partial charge in [0.1, 0.15) is 30.2 Å². The highest BCUT2D eigenvalue weighted by Crippen LogP contribution is 2.22. The average molecular weight is 760 g/mol. The van der Waals surface area contributed by atoms with Gasteiger partial charge in [0.2, 0.25) is 35.4 Å². The molecule has 52 heavy (non-hydrogen) atoms. The van der Waals surface area contributed by atoms with E-state index in [4.69, 9.17) is 5.73 Å². The van der Waals surface area contributed by atoms with E-state index in [1.54, 1.807) is 6.26 Å². The van der Waals surface area contributed by atoms with Crippen LogP contribution in [0.15, 0.2) is 0 Å². The number of hydrogen-bond acceptors (Lipinski definition) is 12. The molecule has 2 aliphatic rings. The van der Waals surface area contributed by atoms with Crippen LogP contribution >= 0.6 is 11.8 Å². The van der Waals surface area contributed by atoms with Crippen molar-refractivity contribution in [1.29, 1.82) is 0 Å². The van der Waals surface area contributed by atoms with Crippen molar-refractivity contribution in [2.45, 2.75) is 134 Å². The molecule has 296 valence electrons. The van der Waals surface area contributed by atoms with Crippen LogP contribution in [0.4, 0.5) is 0 Å². The quantitative estimate of drug-likeness (QED) is 0.0648. The maximum atomic E-state index is 13.7. The Hall–Kier alpha value is -3.52. The number of carbonyl (C=O) groups is 7. The monoisotopic (exact) mass is 759 g/mol. The molecular weight excluding hydrogens is 702 g/mol. The molecule has 2 aliphatic heterocycles. The molecule has 6 amide bonds. The van der Waals surface area contributed by atoms with Gasteiger partial charge in [-0.15, -0.1) is 0 Å². The van der Waals surface area contributed by atoms with E-state index in [1.807, 2.05) is 13.8 Å². The number of nitrogens with zero attached hydrogens (tertiary/aromatic N) is 2. The van der Waals surface area contributed by atoms with E-state index in [0.717, 1.165) is 4.90 Å². The highest BCUT2D eigenvalue weighted by Gasteiger charge is 2.42. The average Bonchev–Trinajstić information content (AvgIpc) is 3.75. The maximum Gasteiger partial charge on any atom is 0.328 e. The lowest BCUT2D eigenvalue weighted by Crippen LogP contribution is -2.62. The molecule has 2 saturated heterocycles. The lowest BCUT2D eigenvalue weighted by atomic mass is 10.0. The molecule has 10 atom stereocenters. The molecule has 0 aromatic rings. The molecule has 0 radical (unpaired) electrons. The third-order valence-corrected chi connectivity index (χ3v) is 9.76. The second-order valence-electron chi connectivity index (χ2n) is 14.0. The fraction of sp³-hybridized carbons (Fsp3) is 0.788. The van der Waals surface area contributed by atoms with Crippen LogP contribution in [0.1, 0.15) is 73.1 Å². The van der Waals surface area contributed by atoms with E-state index in [-0.39, 0.29) is 31.2 Å². The molecule has 0 saturated carbocycles. The molecule has 0 bridgehead atoms. The Bertz CT molecular complexity index is 1280. The first-order valence-electron chi connectivity index (χ1n) is 17.7. The summed E-state index contributed by atoms with van der Waals surface area (Å²) in [4.78, 5) is 94.2. The van der Waals surface area contributed by atoms with Crippen LogP contribution in [0.5, 0.6) is 0 Å². The summed E-state index contributed by atoms with van der Waals surface area (Å²) in [5.74, 6) is -5.40. The van der Waals surface area contributed by atoms with Crippen molar-refractivity contribution in [1.82, 2.24) is 31.1 Å². The van der Waals surface area contributed by atoms with Crippen LogP contribution in [0.25, 0.3) is 0 Å². The summed E-state index contributed by atoms with van der Waals surface area (Å²) in [6.07, 6.45) is -0.647. The minimum absolute atomic E-state index is 0.0588. The van der Waals surface area contributed by atoms with Crippen LogP contribution in [0.3, 0.4) is 0 Å². The fourth-order valence-corrected chi connectivity index (χ4v) is 6.78. The molecule has 2 heterocycles. The molecule has 2 rings (SSSR count). The van der Waals surface area contributed by atoms with Gasteiger partial charge in [-0.25, -0.2) is 4.79 Å². The van der Waals surface area contributed by atoms with Gasteiger partial charge in [-0.2, -0.15) is 11.8 Å². The van der Waals surface area contributed by atoms with Gasteiger partial charge >= 0.3 is 5.97 Å². The molecule has 10 N–H and O–H groups in total. The zero-order valence-corrected chi connectivity index (χ0v) is 31.6. The molecule has 0 aromatic heterocycles. The van der Waals surface area contributed by atoms with E-state index in [2.05, 4.69) is 21.3 Å². The lowest BCUT2D eigenvalue weighted by Gasteiger charge is -2.32. The number of aliphatic carboxylic acids is 1. The molecule has 0 aromatic carbocycles. The Morgan fingerprint density at radius 3 is 1.63 bits per heavy atom. The summed E-state index contributed by atoms with van der Waals surface area (Å²) in [7, 11) is 0. The first-order chi connectivity index (χ1) is 24.3. The maximum absolute atomic E-state index is 13.7. The molecule has 19 heteroatoms. The summed E-state index contributed by atoms with van der Waals surface area (Å²) in [6, 6.07) is -8.84. The van der Waals surface area contributed by atoms with E-state index in [9.17, 15) is 54.0 Å². The van der Waals surface area contributed by atoms with Crippen molar-refractivity contribution in [3.63, 3.8) is 0 Å². The van der Waals surface area contributed by atoms with Crippen molar-refractivity contribution in [2.75, 3.05) is 25.1 Å². The first-order valence-corrected chi connectivity index (χ1v) is 19.1. The van der Waals surface area contributed by atoms with Crippen molar-refractivity contribution >= 4 is 53.2 Å². The van der Waals surface area contributed by atoms with Gasteiger partial charge < -0.3 is 57.2 Å². The Balaban J connectivity index is 2.20. The summed E-state index contributed by atoms with van der Waals surface area (Å²) in [5, 5.41) is 50.0. The number of carboxylic acid groups (broad SMARTS) is 1. The smallest absolute Gasteiger partial charge is 0.328 e. The summed E-state index contributed by atoms with van der Waals surface area (Å²) >= 11 is 1.36. The van der Waals surface area contributed by atoms with Gasteiger partial charge in [-0.05, 0) is 77.2 Å². The van der Waals surface area contributed by atoms with E-state index in [0.29, 0.717) is 38.0 Å². The number of hydrogen-bond donors (Lipinski definition) is 9. The van der Waals surface area contributed by atoms with Crippen LogP contribution in [-0.4, -0.2) is 157 Å². The Kier molecular flexibility index (Phi) is 17.7. The molecular formula is C33H57N7O11S. The van der Waals surface area contributed by atoms with E-state index < -0.39 is 96.1 Å². The highest BCUT2D eigenvalue weighted by molar-refractivity contribution is 7.98. The van der Waals surface area contributed by atoms with E-state index in [1.165, 1.54) is 37.4 Å². The van der Waals surface area contributed by atoms with Crippen molar-refractivity contribution in [3.05, 3.63) is 0 Å². The second kappa shape index (κ2) is 20.6. The first kappa shape index (κ1) is 44.6. The van der Waals surface area contributed by atoms with Gasteiger partial charge in [0, 0.05) is 13.1 Å². The minimum atomic E-state index is -1.62. The Labute approximate surface area is 308 Å². The van der Waals surface area contributed by atoms with Gasteiger partial charge in [0.05, 0.1) is 24.4 Å². The Morgan fingerprint density at radius 2 is 1.19 bits per heavy atom. The standard InChI is InChI=1S/C33H57N7O11S/c1-16(2)15-20(34)31(48)39-12-7-9-22(39)28(45)36-24(17(3)41)30(47)35-21(11-14-52-6)27(44)37-25(18(4)42)32(49)40-13-8-10-23(40)29(46)38-26(19(5)43)33(50)51/h16-26,41-43H,7-15,34H2,1-6H3,(H,35,47)(H,36,45)(H,37,44)(H,38,46)(H,50,51)/t17-,18-,19-,20+,21+,22+,23+,24+,25+,26+/m1/s1. The van der Waals surface area contributed by atoms with Crippen LogP contribution < -0.4 is 27.0 Å². The highest BCUT2D eigenvalue weighted by atomic mass is 32.2. The van der Waals surface area contributed by atoms with Crippen molar-refractivity contribution < 1.29 is 54.0 Å². The number of thioether (sulfide) groups is 1. The predicted molar refractivity (Wildman–Crippen MR) is 190 cm³/mol. The number of nitrogens with two attached hydrogens (primary N) is 1. The normalized spacial score (nSPS) is 22.0. The topological polar surface area (TPSA) is 281 Å². The molecule has 0 spiro atoms. The van der Waals surface area contributed by atoms with Gasteiger partial charge in [0.15, 0.2) is 6.04 Å². The Morgan fingerprint density at radius 1 is 0.712 bits per heavy atom. The van der Waals surface area contributed by atoms with Crippen LogP contribution in [0.2, 0.25) is 0 Å². The van der Waals surface area contributed by atoms with Crippen molar-refractivity contribution in [3.8, 4) is 0 Å². The number of carbonyl (C=O) groups excluding carboxylic acids is 6. The van der Waals surface area contributed by atoms with Crippen LogP contribution in [0, 0.1) is 5.92 Å². The lowest BCUT2D eigenvalue weighted by molar-refractivity contribution is -0.147. The minimum Gasteiger partial charge on any atom is -0.480 e. The molecule has 0 unspecified atom stereocenters. The summed E-state index contributed by atoms with van der Waals surface area (Å²) in [6.45, 7) is 7.95. The third-order valence-electron chi connectivity index (χ3n) is 9.12. The number of nitrogens with one attached hydrogen (secondary N) is 4. The van der Waals surface area contributed by atoms with Gasteiger partial charge in [0.25, 0.3) is 0 Å². The fourth-order valence-electron chi connectivity index (χ4n) is 6.31. The zero-order chi connectivity index (χ0) is 39.4. The largest absolute Gasteiger partial charge is 0.480 e.